The Morgan fingerprint density at radius 3 is 2.77 bits per heavy atom. The number of hydrogen-bond acceptors (Lipinski definition) is 1. The fraction of sp³-hybridized carbons (Fsp3) is 0.273. The van der Waals surface area contributed by atoms with Crippen LogP contribution in [0.3, 0.4) is 0 Å². The van der Waals surface area contributed by atoms with Crippen LogP contribution in [0.4, 0.5) is 4.39 Å². The summed E-state index contributed by atoms with van der Waals surface area (Å²) in [6.07, 6.45) is 2.59. The van der Waals surface area contributed by atoms with Crippen LogP contribution in [0.25, 0.3) is 6.08 Å². The van der Waals surface area contributed by atoms with Crippen LogP contribution in [-0.2, 0) is 6.42 Å². The molecule has 0 saturated carbocycles. The van der Waals surface area contributed by atoms with Gasteiger partial charge >= 0.3 is 0 Å². The fourth-order valence-electron chi connectivity index (χ4n) is 1.68. The third kappa shape index (κ3) is 1.29. The van der Waals surface area contributed by atoms with Gasteiger partial charge in [0.05, 0.1) is 0 Å². The molecule has 0 bridgehead atoms. The van der Waals surface area contributed by atoms with Crippen molar-refractivity contribution >= 4 is 18.7 Å². The molecule has 0 aliphatic heterocycles. The average Bonchev–Trinajstić information content (AvgIpc) is 2.42. The molecule has 0 N–H and O–H groups in total. The minimum absolute atomic E-state index is 0.0842. The van der Waals surface area contributed by atoms with Gasteiger partial charge in [0, 0.05) is 12.0 Å². The predicted molar refractivity (Wildman–Crippen MR) is 56.5 cm³/mol. The molecule has 2 heteroatoms. The van der Waals surface area contributed by atoms with Gasteiger partial charge in [0.25, 0.3) is 0 Å². The van der Waals surface area contributed by atoms with E-state index in [-0.39, 0.29) is 5.82 Å². The predicted octanol–water partition coefficient (Wildman–Crippen LogP) is 3.27. The van der Waals surface area contributed by atoms with E-state index in [9.17, 15) is 4.39 Å². The number of halogens is 1. The fourth-order valence-corrected chi connectivity index (χ4v) is 1.98. The van der Waals surface area contributed by atoms with Gasteiger partial charge in [0.15, 0.2) is 0 Å². The highest BCUT2D eigenvalue weighted by molar-refractivity contribution is 7.84. The molecular weight excluding hydrogens is 183 g/mol. The van der Waals surface area contributed by atoms with Gasteiger partial charge in [-0.1, -0.05) is 6.07 Å². The third-order valence-electron chi connectivity index (χ3n) is 2.58. The van der Waals surface area contributed by atoms with E-state index in [2.05, 4.69) is 12.6 Å². The molecule has 1 aliphatic rings. The summed E-state index contributed by atoms with van der Waals surface area (Å²) >= 11 is 4.25. The van der Waals surface area contributed by atoms with E-state index in [0.717, 1.165) is 33.6 Å². The molecule has 2 rings (SSSR count). The lowest BCUT2D eigenvalue weighted by Crippen LogP contribution is -1.94. The maximum Gasteiger partial charge on any atom is 0.133 e. The summed E-state index contributed by atoms with van der Waals surface area (Å²) in [5.74, 6) is -0.0842. The molecule has 0 fully saturated rings. The van der Waals surface area contributed by atoms with E-state index < -0.39 is 0 Å². The van der Waals surface area contributed by atoms with Crippen molar-refractivity contribution in [2.45, 2.75) is 20.3 Å². The van der Waals surface area contributed by atoms with Gasteiger partial charge in [0.2, 0.25) is 0 Å². The van der Waals surface area contributed by atoms with Crippen LogP contribution in [0.5, 0.6) is 0 Å². The van der Waals surface area contributed by atoms with Gasteiger partial charge in [0.1, 0.15) is 5.82 Å². The molecule has 0 aromatic heterocycles. The monoisotopic (exact) mass is 194 g/mol. The van der Waals surface area contributed by atoms with Crippen molar-refractivity contribution < 1.29 is 4.39 Å². The van der Waals surface area contributed by atoms with Crippen molar-refractivity contribution in [3.05, 3.63) is 39.0 Å². The standard InChI is InChI=1S/C11H11FS/c1-6-3-8-4-9(13)5-10(8)11(12)7(6)2/h3,5,13H,4H2,1-2H3. The van der Waals surface area contributed by atoms with Crippen molar-refractivity contribution in [2.75, 3.05) is 0 Å². The molecule has 0 unspecified atom stereocenters. The summed E-state index contributed by atoms with van der Waals surface area (Å²) in [6.45, 7) is 3.75. The van der Waals surface area contributed by atoms with E-state index in [4.69, 9.17) is 0 Å². The highest BCUT2D eigenvalue weighted by Crippen LogP contribution is 2.31. The minimum Gasteiger partial charge on any atom is -0.206 e. The highest BCUT2D eigenvalue weighted by atomic mass is 32.1. The number of thiol groups is 1. The third-order valence-corrected chi connectivity index (χ3v) is 2.86. The van der Waals surface area contributed by atoms with Gasteiger partial charge in [-0.2, -0.15) is 0 Å². The number of rotatable bonds is 0. The Bertz CT molecular complexity index is 405. The summed E-state index contributed by atoms with van der Waals surface area (Å²) in [5.41, 5.74) is 3.56. The summed E-state index contributed by atoms with van der Waals surface area (Å²) < 4.78 is 13.7. The average molecular weight is 194 g/mol. The van der Waals surface area contributed by atoms with Crippen LogP contribution >= 0.6 is 12.6 Å². The van der Waals surface area contributed by atoms with E-state index >= 15 is 0 Å². The second-order valence-electron chi connectivity index (χ2n) is 3.52. The summed E-state index contributed by atoms with van der Waals surface area (Å²) in [7, 11) is 0. The molecule has 1 aromatic carbocycles. The lowest BCUT2D eigenvalue weighted by atomic mass is 10.0. The highest BCUT2D eigenvalue weighted by Gasteiger charge is 2.17. The Hall–Kier alpha value is -0.760. The normalized spacial score (nSPS) is 14.3. The van der Waals surface area contributed by atoms with Crippen LogP contribution in [0.2, 0.25) is 0 Å². The van der Waals surface area contributed by atoms with Crippen molar-refractivity contribution in [1.29, 1.82) is 0 Å². The Morgan fingerprint density at radius 1 is 1.38 bits per heavy atom. The quantitative estimate of drug-likeness (QED) is 0.602. The first-order chi connectivity index (χ1) is 6.09. The van der Waals surface area contributed by atoms with E-state index in [1.807, 2.05) is 26.0 Å². The second-order valence-corrected chi connectivity index (χ2v) is 4.09. The number of hydrogen-bond donors (Lipinski definition) is 1. The van der Waals surface area contributed by atoms with E-state index in [1.54, 1.807) is 0 Å². The zero-order valence-corrected chi connectivity index (χ0v) is 8.58. The number of fused-ring (bicyclic) bond motifs is 1. The van der Waals surface area contributed by atoms with Gasteiger partial charge in [-0.25, -0.2) is 4.39 Å². The summed E-state index contributed by atoms with van der Waals surface area (Å²) in [4.78, 5) is 0.943. The smallest absolute Gasteiger partial charge is 0.133 e. The largest absolute Gasteiger partial charge is 0.206 e. The molecule has 1 aliphatic carbocycles. The topological polar surface area (TPSA) is 0 Å². The Balaban J connectivity index is 2.69. The molecule has 0 nitrogen and oxygen atoms in total. The van der Waals surface area contributed by atoms with Crippen LogP contribution in [0.1, 0.15) is 22.3 Å². The SMILES string of the molecule is Cc1cc2c(c(F)c1C)C=C(S)C2. The van der Waals surface area contributed by atoms with Crippen LogP contribution < -0.4 is 0 Å². The van der Waals surface area contributed by atoms with Crippen LogP contribution in [0, 0.1) is 19.7 Å². The maximum atomic E-state index is 13.7. The van der Waals surface area contributed by atoms with Crippen LogP contribution in [-0.4, -0.2) is 0 Å². The second kappa shape index (κ2) is 2.88. The zero-order valence-electron chi connectivity index (χ0n) is 7.69. The number of aryl methyl sites for hydroxylation is 1. The minimum atomic E-state index is -0.0842. The molecule has 0 heterocycles. The molecule has 1 aromatic rings. The first kappa shape index (κ1) is 8.82. The van der Waals surface area contributed by atoms with Gasteiger partial charge < -0.3 is 0 Å². The lowest BCUT2D eigenvalue weighted by Gasteiger charge is -2.06. The molecule has 0 atom stereocenters. The Kier molecular flexibility index (Phi) is 1.95. The molecular formula is C11H11FS. The maximum absolute atomic E-state index is 13.7. The van der Waals surface area contributed by atoms with E-state index in [0.29, 0.717) is 0 Å². The molecule has 0 saturated heterocycles. The molecule has 0 radical (unpaired) electrons. The van der Waals surface area contributed by atoms with Crippen molar-refractivity contribution in [1.82, 2.24) is 0 Å². The number of benzene rings is 1. The van der Waals surface area contributed by atoms with Gasteiger partial charge in [-0.05, 0) is 41.5 Å². The molecule has 0 spiro atoms. The van der Waals surface area contributed by atoms with E-state index in [1.165, 1.54) is 0 Å². The van der Waals surface area contributed by atoms with Gasteiger partial charge in [-0.3, -0.25) is 0 Å². The van der Waals surface area contributed by atoms with Crippen molar-refractivity contribution in [3.63, 3.8) is 0 Å². The number of allylic oxidation sites excluding steroid dienone is 1. The van der Waals surface area contributed by atoms with Crippen LogP contribution in [0.15, 0.2) is 11.0 Å². The van der Waals surface area contributed by atoms with Crippen molar-refractivity contribution in [2.24, 2.45) is 0 Å². The summed E-state index contributed by atoms with van der Waals surface area (Å²) in [6, 6.07) is 2.05. The van der Waals surface area contributed by atoms with Crippen molar-refractivity contribution in [3.8, 4) is 0 Å². The molecule has 0 amide bonds. The first-order valence-electron chi connectivity index (χ1n) is 4.27. The Morgan fingerprint density at radius 2 is 2.08 bits per heavy atom. The Labute approximate surface area is 82.9 Å². The first-order valence-corrected chi connectivity index (χ1v) is 4.72. The zero-order chi connectivity index (χ0) is 9.59. The molecule has 68 valence electrons. The van der Waals surface area contributed by atoms with Gasteiger partial charge in [-0.15, -0.1) is 12.6 Å². The summed E-state index contributed by atoms with van der Waals surface area (Å²) in [5, 5.41) is 0. The lowest BCUT2D eigenvalue weighted by molar-refractivity contribution is 0.613. The molecule has 13 heavy (non-hydrogen) atoms.